The average Bonchev–Trinajstić information content (AvgIpc) is 2.95. The molecule has 0 spiro atoms. The molecule has 2 amide bonds. The van der Waals surface area contributed by atoms with E-state index >= 15 is 0 Å². The summed E-state index contributed by atoms with van der Waals surface area (Å²) < 4.78 is 214. The maximum Gasteiger partial charge on any atom is 0.317 e. The quantitative estimate of drug-likeness (QED) is 0.765. The molecule has 1 saturated heterocycles. The van der Waals surface area contributed by atoms with E-state index in [9.17, 15) is 4.79 Å². The van der Waals surface area contributed by atoms with E-state index in [1.807, 2.05) is 0 Å². The van der Waals surface area contributed by atoms with E-state index in [-0.39, 0.29) is 15.4 Å². The summed E-state index contributed by atoms with van der Waals surface area (Å²) in [4.78, 5) is 11.5. The van der Waals surface area contributed by atoms with Crippen molar-refractivity contribution < 1.29 is 39.1 Å². The molecule has 0 bridgehead atoms. The van der Waals surface area contributed by atoms with Gasteiger partial charge in [0.2, 0.25) is 0 Å². The highest BCUT2D eigenvalue weighted by Crippen LogP contribution is 2.30. The standard InChI is InChI=1S/C22H35ClN4O/c1-17-5-4-6-20(21(17)23)27-15-13-26(14-16-27)12-11-18-7-9-19(10-8-18)24-22(28)25(2)3/h4-6,18-19H,7-16H2,1-3H3,(H,24,28)/t18-,19-/i2D3,7D2,8D2,9D2,10D2,11D2,12D2,13D2,14D2,15D2,16D2,18D,19D. The van der Waals surface area contributed by atoms with Gasteiger partial charge in [-0.3, -0.25) is 4.90 Å². The first-order valence-corrected chi connectivity index (χ1v) is 8.25. The Kier molecular flexibility index (Phi) is 2.12. The molecule has 0 unspecified atom stereocenters. The minimum Gasteiger partial charge on any atom is -0.368 e. The molecule has 5 nitrogen and oxygen atoms in total. The van der Waals surface area contributed by atoms with Crippen molar-refractivity contribution in [3.05, 3.63) is 28.8 Å². The van der Waals surface area contributed by atoms with Gasteiger partial charge in [-0.2, -0.15) is 0 Å². The number of nitrogens with zero attached hydrogens (tertiary/aromatic N) is 3. The molecule has 1 aromatic carbocycles. The first kappa shape index (κ1) is 6.04. The molecule has 1 aromatic rings. The zero-order valence-electron chi connectivity index (χ0n) is 39.9. The first-order valence-electron chi connectivity index (χ1n) is 20.4. The second-order valence-electron chi connectivity index (χ2n) is 5.50. The van der Waals surface area contributed by atoms with Gasteiger partial charge in [-0.15, -0.1) is 0 Å². The van der Waals surface area contributed by atoms with Crippen LogP contribution in [-0.2, 0) is 0 Å². The third kappa shape index (κ3) is 5.54. The van der Waals surface area contributed by atoms with Crippen molar-refractivity contribution >= 4 is 23.3 Å². The van der Waals surface area contributed by atoms with Crippen molar-refractivity contribution in [2.24, 2.45) is 5.89 Å². The molecule has 1 aliphatic heterocycles. The van der Waals surface area contributed by atoms with Crippen LogP contribution in [0.5, 0.6) is 0 Å². The van der Waals surface area contributed by atoms with Crippen LogP contribution >= 0.6 is 11.6 Å². The van der Waals surface area contributed by atoms with Crippen LogP contribution in [0.15, 0.2) is 18.2 Å². The predicted molar refractivity (Wildman–Crippen MR) is 117 cm³/mol. The smallest absolute Gasteiger partial charge is 0.317 e. The summed E-state index contributed by atoms with van der Waals surface area (Å²) in [5, 5.41) is 0.870. The highest BCUT2D eigenvalue weighted by atomic mass is 35.5. The zero-order chi connectivity index (χ0) is 42.4. The molecular formula is C22H35ClN4O. The molecule has 0 radical (unpaired) electrons. The number of amides is 2. The molecule has 2 aliphatic rings. The van der Waals surface area contributed by atoms with Gasteiger partial charge < -0.3 is 15.1 Å². The summed E-state index contributed by atoms with van der Waals surface area (Å²) >= 11 is 6.28. The number of benzene rings is 1. The normalized spacial score (nSPS) is 57.8. The van der Waals surface area contributed by atoms with Gasteiger partial charge in [-0.1, -0.05) is 23.7 Å². The SMILES string of the molecule is [2H]C([2H])([2H])N(C)C(=O)N[C@]1([2H])C([2H])([2H])C([2H])([2H])[C@@]([2H])(C([2H])([2H])C([2H])([2H])N2C([2H])([2H])C([2H])([2H])N(c3cccc(C)c3Cl)C([2H])([2H])C2([2H])[2H])C([2H])([2H])C1([2H])[2H]. The Morgan fingerprint density at radius 3 is 2.75 bits per heavy atom. The lowest BCUT2D eigenvalue weighted by Crippen LogP contribution is -2.47. The highest BCUT2D eigenvalue weighted by molar-refractivity contribution is 6.34. The molecule has 1 heterocycles. The number of urea groups is 1. The number of anilines is 1. The Balaban J connectivity index is 2.41. The van der Waals surface area contributed by atoms with Crippen LogP contribution in [0.4, 0.5) is 10.5 Å². The Morgan fingerprint density at radius 2 is 2.07 bits per heavy atom. The minimum atomic E-state index is -5.00. The topological polar surface area (TPSA) is 38.8 Å². The van der Waals surface area contributed by atoms with Gasteiger partial charge in [-0.05, 0) is 62.8 Å². The molecule has 0 atom stereocenters. The Labute approximate surface area is 210 Å². The Hall–Kier alpha value is -1.46. The van der Waals surface area contributed by atoms with Crippen LogP contribution in [0.3, 0.4) is 0 Å². The third-order valence-electron chi connectivity index (χ3n) is 3.41. The predicted octanol–water partition coefficient (Wildman–Crippen LogP) is 3.99. The third-order valence-corrected chi connectivity index (χ3v) is 3.91. The largest absolute Gasteiger partial charge is 0.368 e. The maximum atomic E-state index is 12.8. The molecule has 0 aromatic heterocycles. The second-order valence-corrected chi connectivity index (χ2v) is 5.88. The Bertz CT molecular complexity index is 1590. The van der Waals surface area contributed by atoms with E-state index in [0.717, 1.165) is 6.07 Å². The van der Waals surface area contributed by atoms with Gasteiger partial charge in [0.15, 0.2) is 0 Å². The van der Waals surface area contributed by atoms with Crippen LogP contribution in [-0.4, -0.2) is 68.4 Å². The minimum absolute atomic E-state index is 0.113. The fourth-order valence-corrected chi connectivity index (χ4v) is 2.19. The van der Waals surface area contributed by atoms with E-state index in [0.29, 0.717) is 7.05 Å². The van der Waals surface area contributed by atoms with Crippen LogP contribution in [0.25, 0.3) is 0 Å². The number of hydrogen-bond donors (Lipinski definition) is 1. The van der Waals surface area contributed by atoms with E-state index < -0.39 is 105 Å². The second kappa shape index (κ2) is 9.84. The molecule has 1 saturated carbocycles. The lowest BCUT2D eigenvalue weighted by molar-refractivity contribution is 0.194. The molecule has 1 aliphatic carbocycles. The first-order chi connectivity index (χ1) is 23.0. The van der Waals surface area contributed by atoms with Gasteiger partial charge >= 0.3 is 6.03 Å². The summed E-state index contributed by atoms with van der Waals surface area (Å²) in [6.07, 6.45) is -23.6. The van der Waals surface area contributed by atoms with Crippen LogP contribution < -0.4 is 10.2 Å². The molecule has 28 heavy (non-hydrogen) atoms. The van der Waals surface area contributed by atoms with Gasteiger partial charge in [-0.25, -0.2) is 4.79 Å². The van der Waals surface area contributed by atoms with Crippen molar-refractivity contribution in [1.82, 2.24) is 15.1 Å². The van der Waals surface area contributed by atoms with E-state index in [2.05, 4.69) is 0 Å². The van der Waals surface area contributed by atoms with E-state index in [4.69, 9.17) is 45.9 Å². The summed E-state index contributed by atoms with van der Waals surface area (Å²) in [6.45, 7) is -23.4. The fraction of sp³-hybridized carbons (Fsp3) is 0.682. The van der Waals surface area contributed by atoms with Crippen LogP contribution in [0, 0.1) is 12.8 Å². The maximum absolute atomic E-state index is 12.8. The van der Waals surface area contributed by atoms with Crippen molar-refractivity contribution in [3.63, 3.8) is 0 Å². The zero-order valence-corrected chi connectivity index (χ0v) is 15.6. The number of carbonyl (C=O) groups is 1. The summed E-state index contributed by atoms with van der Waals surface area (Å²) in [7, 11) is 0.566. The van der Waals surface area contributed by atoms with E-state index in [1.54, 1.807) is 0 Å². The van der Waals surface area contributed by atoms with Crippen molar-refractivity contribution in [2.45, 2.75) is 44.8 Å². The molecule has 3 rings (SSSR count). The van der Waals surface area contributed by atoms with Crippen LogP contribution in [0.2, 0.25) is 5.02 Å². The number of halogens is 1. The molecule has 156 valence electrons. The van der Waals surface area contributed by atoms with Gasteiger partial charge in [0.1, 0.15) is 0 Å². The van der Waals surface area contributed by atoms with Crippen molar-refractivity contribution in [1.29, 1.82) is 0 Å². The lowest BCUT2D eigenvalue weighted by Gasteiger charge is -2.37. The highest BCUT2D eigenvalue weighted by Gasteiger charge is 2.24. The van der Waals surface area contributed by atoms with Crippen LogP contribution in [0.1, 0.15) is 71.7 Å². The number of nitrogens with one attached hydrogen (secondary N) is 1. The monoisotopic (exact) mass is 431 g/mol. The molecular weight excluding hydrogens is 372 g/mol. The van der Waals surface area contributed by atoms with E-state index in [1.165, 1.54) is 24.4 Å². The molecule has 1 N–H and O–H groups in total. The fourth-order valence-electron chi connectivity index (χ4n) is 1.98. The average molecular weight is 432 g/mol. The Morgan fingerprint density at radius 1 is 1.36 bits per heavy atom. The summed E-state index contributed by atoms with van der Waals surface area (Å²) in [5.74, 6) is -4.95. The summed E-state index contributed by atoms with van der Waals surface area (Å²) in [6, 6.07) is -2.74. The molecule has 2 fully saturated rings. The number of rotatable bonds is 5. The molecule has 6 heteroatoms. The van der Waals surface area contributed by atoms with Crippen molar-refractivity contribution in [2.75, 3.05) is 51.4 Å². The van der Waals surface area contributed by atoms with Gasteiger partial charge in [0.05, 0.1) is 17.6 Å². The summed E-state index contributed by atoms with van der Waals surface area (Å²) in [5.41, 5.74) is -0.493. The van der Waals surface area contributed by atoms with Gasteiger partial charge in [0, 0.05) is 73.4 Å². The lowest BCUT2D eigenvalue weighted by atomic mass is 9.84. The van der Waals surface area contributed by atoms with Gasteiger partial charge in [0.25, 0.3) is 0 Å². The number of carbonyl (C=O) groups excluding carboxylic acids is 1. The number of piperazine rings is 1. The number of aryl methyl sites for hydroxylation is 1. The van der Waals surface area contributed by atoms with Crippen molar-refractivity contribution in [3.8, 4) is 0 Å². The number of hydrogen-bond acceptors (Lipinski definition) is 3.